The van der Waals surface area contributed by atoms with Gasteiger partial charge in [0.15, 0.2) is 0 Å². The number of hydrogen-bond donors (Lipinski definition) is 2. The van der Waals surface area contributed by atoms with Crippen molar-refractivity contribution >= 4 is 35.4 Å². The van der Waals surface area contributed by atoms with E-state index in [2.05, 4.69) is 30.8 Å². The largest absolute Gasteiger partial charge is 0.372 e. The monoisotopic (exact) mass is 435 g/mol. The van der Waals surface area contributed by atoms with E-state index in [1.54, 1.807) is 36.0 Å². The van der Waals surface area contributed by atoms with Crippen molar-refractivity contribution in [2.45, 2.75) is 6.54 Å². The summed E-state index contributed by atoms with van der Waals surface area (Å²) in [4.78, 5) is 27.5. The lowest BCUT2D eigenvalue weighted by Gasteiger charge is -2.13. The standard InChI is InChI=1S/C21H25N9O2/c1-28(2)17-11-10-16(12-18(17)30(31)32)14-23-27-20-24-19(25-21(26-20)29(3)4)22-13-15-8-6-5-7-9-15/h5-12,14H,13H2,1-4H3,(H2,22,24,25,26,27)/b23-14-. The fourth-order valence-electron chi connectivity index (χ4n) is 2.78. The number of hydrogen-bond acceptors (Lipinski definition) is 10. The molecule has 0 saturated carbocycles. The van der Waals surface area contributed by atoms with Gasteiger partial charge in [-0.2, -0.15) is 20.1 Å². The molecule has 3 aromatic rings. The van der Waals surface area contributed by atoms with E-state index >= 15 is 0 Å². The van der Waals surface area contributed by atoms with Crippen LogP contribution in [0.25, 0.3) is 0 Å². The Morgan fingerprint density at radius 3 is 2.38 bits per heavy atom. The molecule has 0 fully saturated rings. The summed E-state index contributed by atoms with van der Waals surface area (Å²) in [7, 11) is 7.16. The van der Waals surface area contributed by atoms with E-state index in [9.17, 15) is 10.1 Å². The first-order valence-corrected chi connectivity index (χ1v) is 9.79. The van der Waals surface area contributed by atoms with E-state index in [1.165, 1.54) is 12.3 Å². The van der Waals surface area contributed by atoms with Crippen LogP contribution in [-0.2, 0) is 6.54 Å². The van der Waals surface area contributed by atoms with Crippen LogP contribution < -0.4 is 20.5 Å². The molecular formula is C21H25N9O2. The molecule has 0 unspecified atom stereocenters. The predicted octanol–water partition coefficient (Wildman–Crippen LogP) is 2.97. The van der Waals surface area contributed by atoms with Crippen LogP contribution in [0.2, 0.25) is 0 Å². The second kappa shape index (κ2) is 10.2. The fraction of sp³-hybridized carbons (Fsp3) is 0.238. The van der Waals surface area contributed by atoms with Crippen molar-refractivity contribution in [1.82, 2.24) is 15.0 Å². The highest BCUT2D eigenvalue weighted by molar-refractivity contribution is 5.83. The molecule has 11 heteroatoms. The summed E-state index contributed by atoms with van der Waals surface area (Å²) in [6.45, 7) is 0.558. The van der Waals surface area contributed by atoms with Crippen LogP contribution in [0.15, 0.2) is 53.6 Å². The second-order valence-corrected chi connectivity index (χ2v) is 7.29. The van der Waals surface area contributed by atoms with Gasteiger partial charge in [0, 0.05) is 46.4 Å². The van der Waals surface area contributed by atoms with Crippen LogP contribution in [0, 0.1) is 10.1 Å². The van der Waals surface area contributed by atoms with Crippen LogP contribution in [0.3, 0.4) is 0 Å². The summed E-state index contributed by atoms with van der Waals surface area (Å²) in [6, 6.07) is 14.8. The van der Waals surface area contributed by atoms with E-state index in [0.717, 1.165) is 5.56 Å². The first-order valence-electron chi connectivity index (χ1n) is 9.79. The van der Waals surface area contributed by atoms with Gasteiger partial charge in [0.1, 0.15) is 5.69 Å². The van der Waals surface area contributed by atoms with Crippen LogP contribution >= 0.6 is 0 Å². The van der Waals surface area contributed by atoms with Gasteiger partial charge in [0.05, 0.1) is 11.1 Å². The van der Waals surface area contributed by atoms with Crippen molar-refractivity contribution in [1.29, 1.82) is 0 Å². The topological polar surface area (TPSA) is 125 Å². The van der Waals surface area contributed by atoms with Gasteiger partial charge in [-0.1, -0.05) is 36.4 Å². The molecule has 0 saturated heterocycles. The van der Waals surface area contributed by atoms with Gasteiger partial charge >= 0.3 is 0 Å². The molecule has 0 aliphatic heterocycles. The third-order valence-electron chi connectivity index (χ3n) is 4.37. The van der Waals surface area contributed by atoms with Crippen molar-refractivity contribution in [2.75, 3.05) is 48.7 Å². The molecule has 0 aliphatic rings. The Bertz CT molecular complexity index is 1100. The Morgan fingerprint density at radius 2 is 1.72 bits per heavy atom. The van der Waals surface area contributed by atoms with Gasteiger partial charge in [-0.05, 0) is 11.6 Å². The minimum atomic E-state index is -0.417. The maximum absolute atomic E-state index is 11.4. The summed E-state index contributed by atoms with van der Waals surface area (Å²) in [5, 5.41) is 18.7. The summed E-state index contributed by atoms with van der Waals surface area (Å²) in [5.41, 5.74) is 4.95. The lowest BCUT2D eigenvalue weighted by Crippen LogP contribution is -2.16. The van der Waals surface area contributed by atoms with E-state index < -0.39 is 4.92 Å². The molecule has 0 radical (unpaired) electrons. The molecule has 0 atom stereocenters. The first kappa shape index (κ1) is 22.4. The number of rotatable bonds is 9. The highest BCUT2D eigenvalue weighted by atomic mass is 16.6. The van der Waals surface area contributed by atoms with Gasteiger partial charge in [-0.25, -0.2) is 5.43 Å². The molecular weight excluding hydrogens is 410 g/mol. The van der Waals surface area contributed by atoms with Crippen LogP contribution in [0.4, 0.5) is 29.2 Å². The average molecular weight is 435 g/mol. The lowest BCUT2D eigenvalue weighted by atomic mass is 10.2. The van der Waals surface area contributed by atoms with E-state index in [1.807, 2.05) is 44.4 Å². The SMILES string of the molecule is CN(C)c1nc(NCc2ccccc2)nc(N/N=C\c2ccc(N(C)C)c([N+](=O)[O-])c2)n1. The number of nitrogens with zero attached hydrogens (tertiary/aromatic N) is 7. The number of nitro groups is 1. The quantitative estimate of drug-likeness (QED) is 0.296. The molecule has 3 rings (SSSR count). The molecule has 0 aliphatic carbocycles. The summed E-state index contributed by atoms with van der Waals surface area (Å²) in [5.74, 6) is 1.10. The number of anilines is 4. The minimum absolute atomic E-state index is 0.00130. The van der Waals surface area contributed by atoms with E-state index in [0.29, 0.717) is 29.7 Å². The summed E-state index contributed by atoms with van der Waals surface area (Å²) in [6.07, 6.45) is 1.47. The third-order valence-corrected chi connectivity index (χ3v) is 4.37. The van der Waals surface area contributed by atoms with Crippen LogP contribution in [0.5, 0.6) is 0 Å². The fourth-order valence-corrected chi connectivity index (χ4v) is 2.78. The third kappa shape index (κ3) is 5.88. The smallest absolute Gasteiger partial charge is 0.293 e. The van der Waals surface area contributed by atoms with Gasteiger partial charge in [0.25, 0.3) is 5.69 Å². The highest BCUT2D eigenvalue weighted by Crippen LogP contribution is 2.27. The Morgan fingerprint density at radius 1 is 1.00 bits per heavy atom. The molecule has 2 aromatic carbocycles. The zero-order valence-electron chi connectivity index (χ0n) is 18.4. The number of benzene rings is 2. The van der Waals surface area contributed by atoms with Gasteiger partial charge in [-0.3, -0.25) is 10.1 Å². The Balaban J connectivity index is 1.76. The Hall–Kier alpha value is -4.28. The Labute approximate surface area is 186 Å². The number of nitrogens with one attached hydrogen (secondary N) is 2. The molecule has 32 heavy (non-hydrogen) atoms. The molecule has 166 valence electrons. The molecule has 0 bridgehead atoms. The lowest BCUT2D eigenvalue weighted by molar-refractivity contribution is -0.384. The predicted molar refractivity (Wildman–Crippen MR) is 127 cm³/mol. The van der Waals surface area contributed by atoms with Crippen molar-refractivity contribution in [3.05, 3.63) is 69.8 Å². The van der Waals surface area contributed by atoms with Gasteiger partial charge in [-0.15, -0.1) is 0 Å². The zero-order chi connectivity index (χ0) is 23.1. The normalized spacial score (nSPS) is 10.8. The Kier molecular flexibility index (Phi) is 7.11. The average Bonchev–Trinajstić information content (AvgIpc) is 2.78. The zero-order valence-corrected chi connectivity index (χ0v) is 18.4. The molecule has 1 heterocycles. The van der Waals surface area contributed by atoms with Crippen molar-refractivity contribution < 1.29 is 4.92 Å². The van der Waals surface area contributed by atoms with Crippen LogP contribution in [0.1, 0.15) is 11.1 Å². The second-order valence-electron chi connectivity index (χ2n) is 7.29. The van der Waals surface area contributed by atoms with Gasteiger partial charge in [0.2, 0.25) is 17.8 Å². The summed E-state index contributed by atoms with van der Waals surface area (Å²) >= 11 is 0. The number of hydrazone groups is 1. The van der Waals surface area contributed by atoms with Crippen molar-refractivity contribution in [3.63, 3.8) is 0 Å². The summed E-state index contributed by atoms with van der Waals surface area (Å²) < 4.78 is 0. The molecule has 0 amide bonds. The molecule has 11 nitrogen and oxygen atoms in total. The maximum Gasteiger partial charge on any atom is 0.293 e. The van der Waals surface area contributed by atoms with Crippen molar-refractivity contribution in [2.24, 2.45) is 5.10 Å². The first-order chi connectivity index (χ1) is 15.3. The highest BCUT2D eigenvalue weighted by Gasteiger charge is 2.15. The van der Waals surface area contributed by atoms with Crippen LogP contribution in [-0.4, -0.2) is 54.3 Å². The molecule has 2 N–H and O–H groups in total. The van der Waals surface area contributed by atoms with E-state index in [4.69, 9.17) is 0 Å². The molecule has 0 spiro atoms. The number of nitro benzene ring substituents is 1. The minimum Gasteiger partial charge on any atom is -0.372 e. The number of aromatic nitrogens is 3. The maximum atomic E-state index is 11.4. The van der Waals surface area contributed by atoms with Gasteiger partial charge < -0.3 is 15.1 Å². The molecule has 1 aromatic heterocycles. The van der Waals surface area contributed by atoms with E-state index in [-0.39, 0.29) is 11.6 Å². The van der Waals surface area contributed by atoms with Crippen molar-refractivity contribution in [3.8, 4) is 0 Å².